The van der Waals surface area contributed by atoms with E-state index in [1.54, 1.807) is 0 Å². The summed E-state index contributed by atoms with van der Waals surface area (Å²) in [6.07, 6.45) is 2.60. The fourth-order valence-electron chi connectivity index (χ4n) is 6.19. The Bertz CT molecular complexity index is 1570. The molecular formula is C30H23N3OS. The van der Waals surface area contributed by atoms with Gasteiger partial charge in [-0.25, -0.2) is 4.98 Å². The maximum Gasteiger partial charge on any atom is 0.233 e. The maximum atomic E-state index is 13.9. The second-order valence-corrected chi connectivity index (χ2v) is 10.6. The SMILES string of the molecule is CC1(C(=O)Nc2nc(-c3nccc4ccccc34)cs2)CC2c3ccccc3C1c1ccccc12. The highest BCUT2D eigenvalue weighted by Crippen LogP contribution is 2.61. The van der Waals surface area contributed by atoms with Gasteiger partial charge in [-0.15, -0.1) is 11.3 Å². The standard InChI is InChI=1S/C30H23N3OS/c1-30(16-24-20-10-4-6-12-22(20)26(30)23-13-7-5-11-21(23)24)28(34)33-29-32-25(17-35-29)27-19-9-3-2-8-18(19)14-15-31-27/h2-15,17,24,26H,16H2,1H3,(H,32,33,34). The minimum Gasteiger partial charge on any atom is -0.301 e. The molecule has 0 saturated carbocycles. The van der Waals surface area contributed by atoms with Crippen LogP contribution in [0.2, 0.25) is 0 Å². The molecule has 0 radical (unpaired) electrons. The molecule has 3 aliphatic rings. The van der Waals surface area contributed by atoms with Gasteiger partial charge in [0, 0.05) is 28.8 Å². The van der Waals surface area contributed by atoms with Gasteiger partial charge in [-0.2, -0.15) is 0 Å². The summed E-state index contributed by atoms with van der Waals surface area (Å²) in [6.45, 7) is 2.12. The zero-order chi connectivity index (χ0) is 23.6. The van der Waals surface area contributed by atoms with Crippen molar-refractivity contribution in [1.82, 2.24) is 9.97 Å². The minimum absolute atomic E-state index is 0.0269. The van der Waals surface area contributed by atoms with Crippen molar-refractivity contribution < 1.29 is 4.79 Å². The van der Waals surface area contributed by atoms with Crippen molar-refractivity contribution in [2.45, 2.75) is 25.2 Å². The number of fused-ring (bicyclic) bond motifs is 2. The summed E-state index contributed by atoms with van der Waals surface area (Å²) in [6, 6.07) is 27.4. The van der Waals surface area contributed by atoms with E-state index in [2.05, 4.69) is 77.9 Å². The van der Waals surface area contributed by atoms with E-state index in [0.29, 0.717) is 5.13 Å². The van der Waals surface area contributed by atoms with E-state index < -0.39 is 5.41 Å². The van der Waals surface area contributed by atoms with E-state index in [0.717, 1.165) is 28.6 Å². The van der Waals surface area contributed by atoms with Gasteiger partial charge in [0.2, 0.25) is 5.91 Å². The molecule has 0 spiro atoms. The summed E-state index contributed by atoms with van der Waals surface area (Å²) < 4.78 is 0. The van der Waals surface area contributed by atoms with Crippen LogP contribution in [0.15, 0.2) is 90.4 Å². The average Bonchev–Trinajstić information content (AvgIpc) is 3.36. The molecule has 0 saturated heterocycles. The Labute approximate surface area is 207 Å². The number of hydrogen-bond donors (Lipinski definition) is 1. The molecule has 35 heavy (non-hydrogen) atoms. The van der Waals surface area contributed by atoms with Crippen LogP contribution >= 0.6 is 11.3 Å². The normalized spacial score (nSPS) is 22.0. The van der Waals surface area contributed by atoms with E-state index in [1.807, 2.05) is 29.8 Å². The number of carbonyl (C=O) groups is 1. The summed E-state index contributed by atoms with van der Waals surface area (Å²) in [5, 5.41) is 7.95. The van der Waals surface area contributed by atoms with Crippen molar-refractivity contribution in [2.24, 2.45) is 5.41 Å². The molecule has 0 aliphatic heterocycles. The largest absolute Gasteiger partial charge is 0.301 e. The van der Waals surface area contributed by atoms with Crippen LogP contribution in [0.3, 0.4) is 0 Å². The van der Waals surface area contributed by atoms with Gasteiger partial charge >= 0.3 is 0 Å². The lowest BCUT2D eigenvalue weighted by atomic mass is 9.52. The molecule has 1 atom stereocenters. The van der Waals surface area contributed by atoms with Gasteiger partial charge < -0.3 is 5.32 Å². The Balaban J connectivity index is 1.24. The van der Waals surface area contributed by atoms with Crippen molar-refractivity contribution in [3.8, 4) is 11.4 Å². The number of nitrogens with zero attached hydrogens (tertiary/aromatic N) is 2. The zero-order valence-corrected chi connectivity index (χ0v) is 20.0. The van der Waals surface area contributed by atoms with Gasteiger partial charge in [-0.3, -0.25) is 9.78 Å². The molecule has 8 rings (SSSR count). The van der Waals surface area contributed by atoms with Crippen LogP contribution in [0.1, 0.15) is 47.4 Å². The molecule has 170 valence electrons. The third-order valence-corrected chi connectivity index (χ3v) is 8.55. The molecule has 2 bridgehead atoms. The number of rotatable bonds is 3. The summed E-state index contributed by atoms with van der Waals surface area (Å²) in [4.78, 5) is 23.3. The van der Waals surface area contributed by atoms with Crippen molar-refractivity contribution in [2.75, 3.05) is 5.32 Å². The topological polar surface area (TPSA) is 54.9 Å². The molecule has 3 aliphatic carbocycles. The smallest absolute Gasteiger partial charge is 0.233 e. The Morgan fingerprint density at radius 3 is 2.31 bits per heavy atom. The first-order valence-corrected chi connectivity index (χ1v) is 12.8. The lowest BCUT2D eigenvalue weighted by Gasteiger charge is -2.50. The maximum absolute atomic E-state index is 13.9. The molecular weight excluding hydrogens is 450 g/mol. The van der Waals surface area contributed by atoms with Crippen LogP contribution in [0.4, 0.5) is 5.13 Å². The molecule has 5 aromatic rings. The van der Waals surface area contributed by atoms with E-state index >= 15 is 0 Å². The monoisotopic (exact) mass is 473 g/mol. The summed E-state index contributed by atoms with van der Waals surface area (Å²) in [5.74, 6) is 0.289. The highest BCUT2D eigenvalue weighted by Gasteiger charge is 2.53. The van der Waals surface area contributed by atoms with Gasteiger partial charge in [0.05, 0.1) is 11.1 Å². The number of nitrogens with one attached hydrogen (secondary N) is 1. The molecule has 0 fully saturated rings. The highest BCUT2D eigenvalue weighted by atomic mass is 32.1. The molecule has 2 heterocycles. The number of anilines is 1. The third kappa shape index (κ3) is 3.01. The van der Waals surface area contributed by atoms with Crippen LogP contribution < -0.4 is 5.32 Å². The molecule has 1 N–H and O–H groups in total. The van der Waals surface area contributed by atoms with Gasteiger partial charge in [-0.1, -0.05) is 72.8 Å². The molecule has 1 unspecified atom stereocenters. The molecule has 5 heteroatoms. The first-order valence-electron chi connectivity index (χ1n) is 11.9. The van der Waals surface area contributed by atoms with Crippen molar-refractivity contribution in [3.63, 3.8) is 0 Å². The van der Waals surface area contributed by atoms with E-state index in [-0.39, 0.29) is 17.7 Å². The quantitative estimate of drug-likeness (QED) is 0.307. The molecule has 2 aromatic heterocycles. The van der Waals surface area contributed by atoms with Crippen LogP contribution in [0.5, 0.6) is 0 Å². The Morgan fingerprint density at radius 2 is 1.57 bits per heavy atom. The second kappa shape index (κ2) is 7.59. The number of carbonyl (C=O) groups excluding carboxylic acids is 1. The van der Waals surface area contributed by atoms with Crippen molar-refractivity contribution in [3.05, 3.63) is 113 Å². The number of pyridine rings is 1. The van der Waals surface area contributed by atoms with Gasteiger partial charge in [0.15, 0.2) is 5.13 Å². The predicted molar refractivity (Wildman–Crippen MR) is 141 cm³/mol. The highest BCUT2D eigenvalue weighted by molar-refractivity contribution is 7.14. The van der Waals surface area contributed by atoms with Crippen LogP contribution in [0, 0.1) is 5.41 Å². The molecule has 3 aromatic carbocycles. The number of benzene rings is 3. The second-order valence-electron chi connectivity index (χ2n) is 9.74. The lowest BCUT2D eigenvalue weighted by molar-refractivity contribution is -0.126. The fraction of sp³-hybridized carbons (Fsp3) is 0.167. The summed E-state index contributed by atoms with van der Waals surface area (Å²) in [7, 11) is 0. The average molecular weight is 474 g/mol. The number of hydrogen-bond acceptors (Lipinski definition) is 4. The number of thiazole rings is 1. The first kappa shape index (κ1) is 20.5. The third-order valence-electron chi connectivity index (χ3n) is 7.79. The van der Waals surface area contributed by atoms with E-state index in [9.17, 15) is 4.79 Å². The zero-order valence-electron chi connectivity index (χ0n) is 19.2. The van der Waals surface area contributed by atoms with E-state index in [4.69, 9.17) is 4.98 Å². The summed E-state index contributed by atoms with van der Waals surface area (Å²) in [5.41, 5.74) is 6.34. The van der Waals surface area contributed by atoms with Crippen LogP contribution in [-0.2, 0) is 4.79 Å². The Kier molecular flexibility index (Phi) is 4.45. The number of amides is 1. The van der Waals surface area contributed by atoms with Gasteiger partial charge in [0.1, 0.15) is 5.69 Å². The Hall–Kier alpha value is -3.83. The van der Waals surface area contributed by atoms with Crippen LogP contribution in [0.25, 0.3) is 22.2 Å². The van der Waals surface area contributed by atoms with Gasteiger partial charge in [0.25, 0.3) is 0 Å². The number of aromatic nitrogens is 2. The van der Waals surface area contributed by atoms with Crippen molar-refractivity contribution >= 4 is 33.1 Å². The van der Waals surface area contributed by atoms with Gasteiger partial charge in [-0.05, 0) is 47.1 Å². The molecule has 4 nitrogen and oxygen atoms in total. The molecule has 1 amide bonds. The fourth-order valence-corrected chi connectivity index (χ4v) is 6.88. The minimum atomic E-state index is -0.559. The lowest BCUT2D eigenvalue weighted by Crippen LogP contribution is -2.47. The summed E-state index contributed by atoms with van der Waals surface area (Å²) >= 11 is 1.45. The van der Waals surface area contributed by atoms with Crippen LogP contribution in [-0.4, -0.2) is 15.9 Å². The van der Waals surface area contributed by atoms with Crippen molar-refractivity contribution in [1.29, 1.82) is 0 Å². The Morgan fingerprint density at radius 1 is 0.914 bits per heavy atom. The predicted octanol–water partition coefficient (Wildman–Crippen LogP) is 6.98. The van der Waals surface area contributed by atoms with E-state index in [1.165, 1.54) is 33.6 Å². The first-order chi connectivity index (χ1) is 17.1.